The molecule has 0 unspecified atom stereocenters. The third kappa shape index (κ3) is 6.04. The number of rotatable bonds is 8. The average Bonchev–Trinajstić information content (AvgIpc) is 2.80. The highest BCUT2D eigenvalue weighted by molar-refractivity contribution is 7.92. The van der Waals surface area contributed by atoms with Crippen LogP contribution in [0.1, 0.15) is 10.4 Å². The number of nitrogens with one attached hydrogen (secondary N) is 2. The van der Waals surface area contributed by atoms with Crippen LogP contribution in [0.15, 0.2) is 71.6 Å². The number of halogens is 2. The molecule has 3 rings (SSSR count). The molecule has 0 heterocycles. The SMILES string of the molecule is COc1ccccc1NS(=O)(=O)c1cccc(C(=O)OCC(=O)Nc2ccc(F)c(F)c2)c1. The van der Waals surface area contributed by atoms with E-state index >= 15 is 0 Å². The number of sulfonamides is 1. The van der Waals surface area contributed by atoms with Gasteiger partial charge in [0.25, 0.3) is 15.9 Å². The summed E-state index contributed by atoms with van der Waals surface area (Å²) in [7, 11) is -2.67. The summed E-state index contributed by atoms with van der Waals surface area (Å²) in [5.41, 5.74) is 0.0749. The number of methoxy groups -OCH3 is 1. The van der Waals surface area contributed by atoms with Crippen LogP contribution >= 0.6 is 0 Å². The van der Waals surface area contributed by atoms with Gasteiger partial charge in [0.05, 0.1) is 23.3 Å². The van der Waals surface area contributed by atoms with Crippen molar-refractivity contribution in [2.45, 2.75) is 4.90 Å². The zero-order valence-corrected chi connectivity index (χ0v) is 18.0. The number of hydrogen-bond acceptors (Lipinski definition) is 6. The van der Waals surface area contributed by atoms with Crippen LogP contribution in [-0.4, -0.2) is 34.0 Å². The lowest BCUT2D eigenvalue weighted by Gasteiger charge is -2.12. The third-order valence-corrected chi connectivity index (χ3v) is 5.63. The Morgan fingerprint density at radius 2 is 1.70 bits per heavy atom. The average molecular weight is 476 g/mol. The molecular weight excluding hydrogens is 458 g/mol. The van der Waals surface area contributed by atoms with Gasteiger partial charge in [-0.3, -0.25) is 9.52 Å². The maximum atomic E-state index is 13.2. The van der Waals surface area contributed by atoms with Gasteiger partial charge < -0.3 is 14.8 Å². The summed E-state index contributed by atoms with van der Waals surface area (Å²) >= 11 is 0. The van der Waals surface area contributed by atoms with Crippen molar-refractivity contribution >= 4 is 33.3 Å². The molecule has 0 aromatic heterocycles. The second-order valence-corrected chi connectivity index (χ2v) is 8.27. The minimum Gasteiger partial charge on any atom is -0.495 e. The summed E-state index contributed by atoms with van der Waals surface area (Å²) in [6, 6.07) is 14.2. The van der Waals surface area contributed by atoms with Gasteiger partial charge in [-0.25, -0.2) is 22.0 Å². The molecular formula is C22H18F2N2O6S. The molecule has 0 radical (unpaired) electrons. The van der Waals surface area contributed by atoms with Crippen molar-refractivity contribution in [2.75, 3.05) is 23.8 Å². The lowest BCUT2D eigenvalue weighted by atomic mass is 10.2. The van der Waals surface area contributed by atoms with E-state index in [1.807, 2.05) is 0 Å². The molecule has 11 heteroatoms. The number of para-hydroxylation sites is 2. The van der Waals surface area contributed by atoms with Crippen molar-refractivity contribution in [2.24, 2.45) is 0 Å². The first-order valence-corrected chi connectivity index (χ1v) is 10.9. The maximum Gasteiger partial charge on any atom is 0.338 e. The molecule has 172 valence electrons. The molecule has 2 N–H and O–H groups in total. The first-order chi connectivity index (χ1) is 15.7. The molecule has 8 nitrogen and oxygen atoms in total. The van der Waals surface area contributed by atoms with Gasteiger partial charge in [0, 0.05) is 11.8 Å². The van der Waals surface area contributed by atoms with E-state index in [4.69, 9.17) is 9.47 Å². The van der Waals surface area contributed by atoms with Crippen LogP contribution in [0.5, 0.6) is 5.75 Å². The quantitative estimate of drug-likeness (QED) is 0.481. The number of carbonyl (C=O) groups is 2. The Morgan fingerprint density at radius 1 is 0.939 bits per heavy atom. The molecule has 1 amide bonds. The molecule has 3 aromatic carbocycles. The van der Waals surface area contributed by atoms with Gasteiger partial charge in [-0.2, -0.15) is 0 Å². The highest BCUT2D eigenvalue weighted by Crippen LogP contribution is 2.26. The van der Waals surface area contributed by atoms with Gasteiger partial charge in [-0.15, -0.1) is 0 Å². The Hall–Kier alpha value is -3.99. The van der Waals surface area contributed by atoms with Gasteiger partial charge in [-0.05, 0) is 42.5 Å². The predicted octanol–water partition coefficient (Wildman–Crippen LogP) is 3.57. The van der Waals surface area contributed by atoms with Gasteiger partial charge >= 0.3 is 5.97 Å². The Labute approximate surface area is 188 Å². The molecule has 0 bridgehead atoms. The second-order valence-electron chi connectivity index (χ2n) is 6.59. The molecule has 0 aliphatic rings. The van der Waals surface area contributed by atoms with Gasteiger partial charge in [0.15, 0.2) is 18.2 Å². The van der Waals surface area contributed by atoms with E-state index in [9.17, 15) is 26.8 Å². The number of amides is 1. The lowest BCUT2D eigenvalue weighted by Crippen LogP contribution is -2.21. The van der Waals surface area contributed by atoms with Crippen molar-refractivity contribution in [1.29, 1.82) is 0 Å². The Morgan fingerprint density at radius 3 is 2.42 bits per heavy atom. The molecule has 3 aromatic rings. The maximum absolute atomic E-state index is 13.2. The van der Waals surface area contributed by atoms with Crippen molar-refractivity contribution in [3.8, 4) is 5.75 Å². The third-order valence-electron chi connectivity index (χ3n) is 4.27. The number of benzene rings is 3. The fourth-order valence-electron chi connectivity index (χ4n) is 2.71. The van der Waals surface area contributed by atoms with Crippen LogP contribution in [0.3, 0.4) is 0 Å². The van der Waals surface area contributed by atoms with Crippen LogP contribution in [0.2, 0.25) is 0 Å². The number of hydrogen-bond donors (Lipinski definition) is 2. The van der Waals surface area contributed by atoms with Crippen LogP contribution in [0.25, 0.3) is 0 Å². The molecule has 0 atom stereocenters. The van der Waals surface area contributed by atoms with E-state index in [-0.39, 0.29) is 21.8 Å². The zero-order chi connectivity index (χ0) is 24.0. The fourth-order valence-corrected chi connectivity index (χ4v) is 3.82. The Balaban J connectivity index is 1.66. The van der Waals surface area contributed by atoms with Crippen molar-refractivity contribution in [1.82, 2.24) is 0 Å². The Bertz CT molecular complexity index is 1300. The smallest absolute Gasteiger partial charge is 0.338 e. The van der Waals surface area contributed by atoms with Crippen LogP contribution in [-0.2, 0) is 19.6 Å². The summed E-state index contributed by atoms with van der Waals surface area (Å²) in [5.74, 6) is -3.66. The summed E-state index contributed by atoms with van der Waals surface area (Å²) in [4.78, 5) is 24.0. The van der Waals surface area contributed by atoms with E-state index in [1.54, 1.807) is 18.2 Å². The Kier molecular flexibility index (Phi) is 7.23. The number of ether oxygens (including phenoxy) is 2. The summed E-state index contributed by atoms with van der Waals surface area (Å²) in [5, 5.41) is 2.25. The van der Waals surface area contributed by atoms with E-state index < -0.39 is 40.1 Å². The number of anilines is 2. The van der Waals surface area contributed by atoms with Gasteiger partial charge in [-0.1, -0.05) is 18.2 Å². The van der Waals surface area contributed by atoms with Crippen LogP contribution < -0.4 is 14.8 Å². The van der Waals surface area contributed by atoms with Crippen LogP contribution in [0.4, 0.5) is 20.2 Å². The minimum absolute atomic E-state index is 0.0227. The largest absolute Gasteiger partial charge is 0.495 e. The fraction of sp³-hybridized carbons (Fsp3) is 0.0909. The molecule has 0 aliphatic carbocycles. The zero-order valence-electron chi connectivity index (χ0n) is 17.2. The van der Waals surface area contributed by atoms with E-state index in [2.05, 4.69) is 10.0 Å². The lowest BCUT2D eigenvalue weighted by molar-refractivity contribution is -0.119. The van der Waals surface area contributed by atoms with Crippen molar-refractivity contribution in [3.63, 3.8) is 0 Å². The summed E-state index contributed by atoms with van der Waals surface area (Å²) < 4.78 is 64.0. The molecule has 0 fully saturated rings. The topological polar surface area (TPSA) is 111 Å². The molecule has 0 saturated heterocycles. The number of carbonyl (C=O) groups excluding carboxylic acids is 2. The van der Waals surface area contributed by atoms with Crippen LogP contribution in [0, 0.1) is 11.6 Å². The molecule has 0 aliphatic heterocycles. The standard InChI is InChI=1S/C22H18F2N2O6S/c1-31-20-8-3-2-7-19(20)26-33(29,30)16-6-4-5-14(11-16)22(28)32-13-21(27)25-15-9-10-17(23)18(24)12-15/h2-12,26H,13H2,1H3,(H,25,27). The van der Waals surface area contributed by atoms with Crippen molar-refractivity contribution in [3.05, 3.63) is 83.9 Å². The highest BCUT2D eigenvalue weighted by atomic mass is 32.2. The summed E-state index contributed by atoms with van der Waals surface area (Å²) in [6.07, 6.45) is 0. The molecule has 0 saturated carbocycles. The summed E-state index contributed by atoms with van der Waals surface area (Å²) in [6.45, 7) is -0.728. The first-order valence-electron chi connectivity index (χ1n) is 9.37. The van der Waals surface area contributed by atoms with E-state index in [1.165, 1.54) is 31.4 Å². The van der Waals surface area contributed by atoms with Gasteiger partial charge in [0.2, 0.25) is 0 Å². The second kappa shape index (κ2) is 10.1. The van der Waals surface area contributed by atoms with Gasteiger partial charge in [0.1, 0.15) is 5.75 Å². The van der Waals surface area contributed by atoms with Crippen molar-refractivity contribution < 1.29 is 36.3 Å². The number of esters is 1. The molecule has 33 heavy (non-hydrogen) atoms. The normalized spacial score (nSPS) is 10.9. The minimum atomic E-state index is -4.06. The van der Waals surface area contributed by atoms with E-state index in [0.717, 1.165) is 24.3 Å². The van der Waals surface area contributed by atoms with E-state index in [0.29, 0.717) is 5.75 Å². The predicted molar refractivity (Wildman–Crippen MR) is 116 cm³/mol. The highest BCUT2D eigenvalue weighted by Gasteiger charge is 2.19. The monoisotopic (exact) mass is 476 g/mol. The first kappa shape index (κ1) is 23.7. The molecule has 0 spiro atoms.